The Morgan fingerprint density at radius 2 is 2.05 bits per heavy atom. The van der Waals surface area contributed by atoms with E-state index in [0.717, 1.165) is 12.8 Å². The predicted octanol–water partition coefficient (Wildman–Crippen LogP) is 2.39. The van der Waals surface area contributed by atoms with Crippen LogP contribution in [0.15, 0.2) is 10.6 Å². The van der Waals surface area contributed by atoms with Crippen LogP contribution in [0, 0.1) is 5.92 Å². The Labute approximate surface area is 128 Å². The van der Waals surface area contributed by atoms with Crippen molar-refractivity contribution in [2.45, 2.75) is 51.4 Å². The third kappa shape index (κ3) is 4.68. The molecular weight excluding hydrogens is 286 g/mol. The number of rotatable bonds is 7. The van der Waals surface area contributed by atoms with Gasteiger partial charge in [-0.05, 0) is 18.8 Å². The molecule has 1 aromatic rings. The molecule has 120 valence electrons. The number of carbonyl (C=O) groups excluding carboxylic acids is 1. The van der Waals surface area contributed by atoms with Gasteiger partial charge in [0.15, 0.2) is 0 Å². The molecule has 1 aromatic heterocycles. The average molecular weight is 307 g/mol. The molecule has 1 fully saturated rings. The molecule has 2 rings (SSSR count). The molecule has 1 aliphatic rings. The van der Waals surface area contributed by atoms with E-state index in [-0.39, 0.29) is 18.1 Å². The topological polar surface area (TPSA) is 119 Å². The molecule has 7 nitrogen and oxygen atoms in total. The standard InChI is InChI=1S/C15H21N3O4/c16-13(21)14-17-15(22-18-14)11(9-12(19)20)8-4-7-10-5-2-1-3-6-10/h8,10H,1-7,9H2,(H2,16,21)(H,19,20)/b11-8-. The first-order chi connectivity index (χ1) is 10.6. The van der Waals surface area contributed by atoms with Gasteiger partial charge in [0.05, 0.1) is 6.42 Å². The minimum absolute atomic E-state index is 0.0554. The molecule has 7 heteroatoms. The number of nitrogens with zero attached hydrogens (tertiary/aromatic N) is 2. The summed E-state index contributed by atoms with van der Waals surface area (Å²) in [6.45, 7) is 0. The summed E-state index contributed by atoms with van der Waals surface area (Å²) in [6, 6.07) is 0. The van der Waals surface area contributed by atoms with Gasteiger partial charge in [-0.25, -0.2) is 0 Å². The maximum absolute atomic E-state index is 11.0. The summed E-state index contributed by atoms with van der Waals surface area (Å²) >= 11 is 0. The molecule has 3 N–H and O–H groups in total. The second kappa shape index (κ2) is 7.72. The molecule has 0 radical (unpaired) electrons. The molecule has 0 unspecified atom stereocenters. The van der Waals surface area contributed by atoms with Crippen LogP contribution in [0.4, 0.5) is 0 Å². The maximum atomic E-state index is 11.0. The van der Waals surface area contributed by atoms with Crippen LogP contribution in [0.3, 0.4) is 0 Å². The molecule has 0 saturated heterocycles. The molecule has 0 atom stereocenters. The Morgan fingerprint density at radius 1 is 1.32 bits per heavy atom. The van der Waals surface area contributed by atoms with E-state index in [1.165, 1.54) is 32.1 Å². The van der Waals surface area contributed by atoms with Crippen LogP contribution in [-0.2, 0) is 4.79 Å². The Kier molecular flexibility index (Phi) is 5.68. The number of hydrogen-bond acceptors (Lipinski definition) is 5. The lowest BCUT2D eigenvalue weighted by Crippen LogP contribution is -2.12. The molecule has 1 saturated carbocycles. The minimum atomic E-state index is -0.984. The summed E-state index contributed by atoms with van der Waals surface area (Å²) in [5, 5.41) is 12.4. The van der Waals surface area contributed by atoms with E-state index in [0.29, 0.717) is 11.5 Å². The molecule has 22 heavy (non-hydrogen) atoms. The molecule has 0 bridgehead atoms. The largest absolute Gasteiger partial charge is 0.481 e. The lowest BCUT2D eigenvalue weighted by atomic mass is 9.86. The highest BCUT2D eigenvalue weighted by Crippen LogP contribution is 2.28. The van der Waals surface area contributed by atoms with Crippen molar-refractivity contribution in [2.24, 2.45) is 11.7 Å². The average Bonchev–Trinajstić information content (AvgIpc) is 2.97. The van der Waals surface area contributed by atoms with E-state index in [1.54, 1.807) is 0 Å². The molecule has 0 spiro atoms. The first kappa shape index (κ1) is 16.2. The van der Waals surface area contributed by atoms with Gasteiger partial charge in [0.2, 0.25) is 0 Å². The van der Waals surface area contributed by atoms with Gasteiger partial charge in [-0.2, -0.15) is 4.98 Å². The Bertz CT molecular complexity index is 559. The lowest BCUT2D eigenvalue weighted by Gasteiger charge is -2.20. The zero-order valence-electron chi connectivity index (χ0n) is 12.5. The number of allylic oxidation sites excluding steroid dienone is 1. The zero-order chi connectivity index (χ0) is 15.9. The first-order valence-electron chi connectivity index (χ1n) is 7.61. The maximum Gasteiger partial charge on any atom is 0.308 e. The lowest BCUT2D eigenvalue weighted by molar-refractivity contribution is -0.135. The van der Waals surface area contributed by atoms with E-state index in [9.17, 15) is 9.59 Å². The highest BCUT2D eigenvalue weighted by atomic mass is 16.5. The molecule has 1 heterocycles. The van der Waals surface area contributed by atoms with Crippen molar-refractivity contribution in [3.8, 4) is 0 Å². The van der Waals surface area contributed by atoms with Gasteiger partial charge in [0.25, 0.3) is 17.6 Å². The number of carboxylic acid groups (broad SMARTS) is 1. The van der Waals surface area contributed by atoms with E-state index < -0.39 is 11.9 Å². The summed E-state index contributed by atoms with van der Waals surface area (Å²) in [5.41, 5.74) is 5.50. The van der Waals surface area contributed by atoms with Gasteiger partial charge in [0, 0.05) is 5.57 Å². The summed E-state index contributed by atoms with van der Waals surface area (Å²) in [7, 11) is 0. The van der Waals surface area contributed by atoms with Crippen LogP contribution in [0.25, 0.3) is 5.57 Å². The smallest absolute Gasteiger partial charge is 0.308 e. The number of hydrogen-bond donors (Lipinski definition) is 2. The van der Waals surface area contributed by atoms with Crippen LogP contribution in [0.2, 0.25) is 0 Å². The number of aliphatic carboxylic acids is 1. The van der Waals surface area contributed by atoms with Crippen LogP contribution < -0.4 is 5.73 Å². The minimum Gasteiger partial charge on any atom is -0.481 e. The molecular formula is C15H21N3O4. The van der Waals surface area contributed by atoms with Crippen molar-refractivity contribution in [3.63, 3.8) is 0 Å². The highest BCUT2D eigenvalue weighted by Gasteiger charge is 2.18. The normalized spacial score (nSPS) is 16.6. The van der Waals surface area contributed by atoms with E-state index in [1.807, 2.05) is 6.08 Å². The third-order valence-electron chi connectivity index (χ3n) is 3.95. The summed E-state index contributed by atoms with van der Waals surface area (Å²) in [5.74, 6) is -1.26. The van der Waals surface area contributed by atoms with Crippen LogP contribution in [0.5, 0.6) is 0 Å². The van der Waals surface area contributed by atoms with E-state index in [2.05, 4.69) is 10.1 Å². The van der Waals surface area contributed by atoms with Crippen molar-refractivity contribution >= 4 is 17.4 Å². The monoisotopic (exact) mass is 307 g/mol. The first-order valence-corrected chi connectivity index (χ1v) is 7.61. The molecule has 0 aromatic carbocycles. The number of carbonyl (C=O) groups is 2. The van der Waals surface area contributed by atoms with Crippen molar-refractivity contribution in [1.82, 2.24) is 10.1 Å². The van der Waals surface area contributed by atoms with Crippen molar-refractivity contribution in [1.29, 1.82) is 0 Å². The van der Waals surface area contributed by atoms with Gasteiger partial charge < -0.3 is 15.4 Å². The second-order valence-electron chi connectivity index (χ2n) is 5.67. The number of primary amides is 1. The molecule has 1 amide bonds. The molecule has 0 aliphatic heterocycles. The Hall–Kier alpha value is -2.18. The highest BCUT2D eigenvalue weighted by molar-refractivity contribution is 5.89. The van der Waals surface area contributed by atoms with Gasteiger partial charge in [0.1, 0.15) is 0 Å². The van der Waals surface area contributed by atoms with Crippen LogP contribution >= 0.6 is 0 Å². The van der Waals surface area contributed by atoms with E-state index >= 15 is 0 Å². The SMILES string of the molecule is NC(=O)c1noc(/C(=C\CCC2CCCCC2)CC(=O)O)n1. The zero-order valence-corrected chi connectivity index (χ0v) is 12.5. The number of amides is 1. The van der Waals surface area contributed by atoms with E-state index in [4.69, 9.17) is 15.4 Å². The van der Waals surface area contributed by atoms with Crippen molar-refractivity contribution in [2.75, 3.05) is 0 Å². The van der Waals surface area contributed by atoms with Gasteiger partial charge >= 0.3 is 5.97 Å². The Balaban J connectivity index is 2.02. The number of nitrogens with two attached hydrogens (primary N) is 1. The Morgan fingerprint density at radius 3 is 2.64 bits per heavy atom. The summed E-state index contributed by atoms with van der Waals surface area (Å²) in [4.78, 5) is 25.8. The summed E-state index contributed by atoms with van der Waals surface area (Å²) in [6.07, 6.45) is 9.76. The fourth-order valence-corrected chi connectivity index (χ4v) is 2.82. The fourth-order valence-electron chi connectivity index (χ4n) is 2.82. The summed E-state index contributed by atoms with van der Waals surface area (Å²) < 4.78 is 4.94. The van der Waals surface area contributed by atoms with Crippen molar-refractivity contribution in [3.05, 3.63) is 17.8 Å². The van der Waals surface area contributed by atoms with Crippen LogP contribution in [-0.4, -0.2) is 27.1 Å². The van der Waals surface area contributed by atoms with Crippen LogP contribution in [0.1, 0.15) is 67.9 Å². The third-order valence-corrected chi connectivity index (χ3v) is 3.95. The fraction of sp³-hybridized carbons (Fsp3) is 0.600. The predicted molar refractivity (Wildman–Crippen MR) is 78.9 cm³/mol. The van der Waals surface area contributed by atoms with Gasteiger partial charge in [-0.15, -0.1) is 0 Å². The van der Waals surface area contributed by atoms with Gasteiger partial charge in [-0.3, -0.25) is 9.59 Å². The number of carboxylic acids is 1. The second-order valence-corrected chi connectivity index (χ2v) is 5.67. The number of aromatic nitrogens is 2. The molecule has 1 aliphatic carbocycles. The van der Waals surface area contributed by atoms with Crippen molar-refractivity contribution < 1.29 is 19.2 Å². The quantitative estimate of drug-likeness (QED) is 0.798. The van der Waals surface area contributed by atoms with Gasteiger partial charge in [-0.1, -0.05) is 43.3 Å².